The number of benzene rings is 1. The molecule has 0 saturated carbocycles. The smallest absolute Gasteiger partial charge is 0.313 e. The fourth-order valence-electron chi connectivity index (χ4n) is 3.37. The first-order valence-electron chi connectivity index (χ1n) is 8.33. The van der Waals surface area contributed by atoms with Crippen LogP contribution in [0.2, 0.25) is 0 Å². The van der Waals surface area contributed by atoms with E-state index in [1.54, 1.807) is 30.3 Å². The second-order valence-electron chi connectivity index (χ2n) is 6.78. The topological polar surface area (TPSA) is 93.5 Å². The van der Waals surface area contributed by atoms with E-state index in [1.165, 1.54) is 0 Å². The van der Waals surface area contributed by atoms with Crippen molar-refractivity contribution in [1.82, 2.24) is 10.2 Å². The van der Waals surface area contributed by atoms with E-state index in [1.807, 2.05) is 26.8 Å². The van der Waals surface area contributed by atoms with Crippen LogP contribution in [-0.2, 0) is 4.79 Å². The number of amides is 1. The predicted octanol–water partition coefficient (Wildman–Crippen LogP) is 2.40. The highest BCUT2D eigenvalue weighted by molar-refractivity contribution is 6.02. The molecule has 25 heavy (non-hydrogen) atoms. The Hall–Kier alpha value is -2.63. The number of carboxylic acid groups (broad SMARTS) is 1. The molecule has 0 fully saturated rings. The Morgan fingerprint density at radius 2 is 2.12 bits per heavy atom. The van der Waals surface area contributed by atoms with Gasteiger partial charge >= 0.3 is 5.97 Å². The summed E-state index contributed by atoms with van der Waals surface area (Å²) in [6.07, 6.45) is 2.71. The standard InChI is InChI=1S/C19H25N3O3/c1-11(2)10-22-17(13(8-20)9-21-4)16(19(24)25)14-6-5-12(3)7-15(14)18(22)23/h5-9,11,16-17,20-21H,10H2,1-4H3,(H,24,25)/b13-9+,20-8?. The summed E-state index contributed by atoms with van der Waals surface area (Å²) in [5.41, 5.74) is 2.34. The quantitative estimate of drug-likeness (QED) is 0.691. The summed E-state index contributed by atoms with van der Waals surface area (Å²) in [6.45, 7) is 6.27. The molecule has 1 aliphatic rings. The molecule has 1 aromatic rings. The minimum absolute atomic E-state index is 0.175. The van der Waals surface area contributed by atoms with Gasteiger partial charge in [0, 0.05) is 37.1 Å². The van der Waals surface area contributed by atoms with Crippen molar-refractivity contribution in [2.45, 2.75) is 32.7 Å². The van der Waals surface area contributed by atoms with Crippen LogP contribution in [0, 0.1) is 18.3 Å². The third kappa shape index (κ3) is 3.57. The van der Waals surface area contributed by atoms with Crippen LogP contribution in [0.3, 0.4) is 0 Å². The number of hydrogen-bond acceptors (Lipinski definition) is 4. The number of hydrogen-bond donors (Lipinski definition) is 3. The highest BCUT2D eigenvalue weighted by Crippen LogP contribution is 2.37. The summed E-state index contributed by atoms with van der Waals surface area (Å²) < 4.78 is 0. The normalized spacial score (nSPS) is 20.4. The number of nitrogens with one attached hydrogen (secondary N) is 2. The number of rotatable bonds is 6. The van der Waals surface area contributed by atoms with Gasteiger partial charge in [-0.25, -0.2) is 0 Å². The van der Waals surface area contributed by atoms with Crippen LogP contribution >= 0.6 is 0 Å². The molecule has 0 aliphatic carbocycles. The van der Waals surface area contributed by atoms with Crippen molar-refractivity contribution in [2.24, 2.45) is 5.92 Å². The van der Waals surface area contributed by atoms with Gasteiger partial charge in [0.2, 0.25) is 0 Å². The highest BCUT2D eigenvalue weighted by atomic mass is 16.4. The van der Waals surface area contributed by atoms with Gasteiger partial charge in [0.15, 0.2) is 0 Å². The maximum absolute atomic E-state index is 13.1. The van der Waals surface area contributed by atoms with Crippen LogP contribution in [0.5, 0.6) is 0 Å². The molecule has 2 atom stereocenters. The van der Waals surface area contributed by atoms with Crippen LogP contribution in [0.15, 0.2) is 30.0 Å². The Kier molecular flexibility index (Phi) is 5.62. The molecule has 0 spiro atoms. The number of carbonyl (C=O) groups excluding carboxylic acids is 1. The average molecular weight is 343 g/mol. The summed E-state index contributed by atoms with van der Waals surface area (Å²) in [6, 6.07) is 4.58. The molecule has 134 valence electrons. The van der Waals surface area contributed by atoms with E-state index in [4.69, 9.17) is 5.41 Å². The van der Waals surface area contributed by atoms with Crippen molar-refractivity contribution in [2.75, 3.05) is 13.6 Å². The molecule has 1 heterocycles. The number of carboxylic acids is 1. The Labute approximate surface area is 148 Å². The monoisotopic (exact) mass is 343 g/mol. The summed E-state index contributed by atoms with van der Waals surface area (Å²) in [4.78, 5) is 26.8. The molecule has 1 aliphatic heterocycles. The summed E-state index contributed by atoms with van der Waals surface area (Å²) in [5, 5.41) is 20.5. The summed E-state index contributed by atoms with van der Waals surface area (Å²) >= 11 is 0. The number of nitrogens with zero attached hydrogens (tertiary/aromatic N) is 1. The third-order valence-electron chi connectivity index (χ3n) is 4.33. The van der Waals surface area contributed by atoms with Crippen LogP contribution in [-0.4, -0.2) is 47.7 Å². The number of carbonyl (C=O) groups is 2. The fraction of sp³-hybridized carbons (Fsp3) is 0.421. The molecule has 3 N–H and O–H groups in total. The fourth-order valence-corrected chi connectivity index (χ4v) is 3.37. The summed E-state index contributed by atoms with van der Waals surface area (Å²) in [7, 11) is 1.69. The molecule has 1 aromatic carbocycles. The van der Waals surface area contributed by atoms with Gasteiger partial charge in [0.05, 0.1) is 6.04 Å². The van der Waals surface area contributed by atoms with Gasteiger partial charge in [-0.15, -0.1) is 0 Å². The summed E-state index contributed by atoms with van der Waals surface area (Å²) in [5.74, 6) is -1.92. The lowest BCUT2D eigenvalue weighted by molar-refractivity contribution is -0.140. The van der Waals surface area contributed by atoms with Gasteiger partial charge in [0.25, 0.3) is 5.91 Å². The second-order valence-corrected chi connectivity index (χ2v) is 6.78. The molecule has 2 rings (SSSR count). The third-order valence-corrected chi connectivity index (χ3v) is 4.33. The molecule has 1 amide bonds. The molecule has 0 saturated heterocycles. The van der Waals surface area contributed by atoms with Crippen molar-refractivity contribution in [3.8, 4) is 0 Å². The van der Waals surface area contributed by atoms with Gasteiger partial charge in [-0.1, -0.05) is 31.5 Å². The number of aliphatic carboxylic acids is 1. The predicted molar refractivity (Wildman–Crippen MR) is 97.1 cm³/mol. The molecule has 6 heteroatoms. The minimum atomic E-state index is -1.000. The SMILES string of the molecule is CN/C=C(\C=N)C1C(C(=O)O)c2ccc(C)cc2C(=O)N1CC(C)C. The van der Waals surface area contributed by atoms with Gasteiger partial charge in [-0.3, -0.25) is 9.59 Å². The molecule has 0 bridgehead atoms. The van der Waals surface area contributed by atoms with Crippen molar-refractivity contribution in [3.05, 3.63) is 46.7 Å². The highest BCUT2D eigenvalue weighted by Gasteiger charge is 2.45. The Bertz CT molecular complexity index is 725. The van der Waals surface area contributed by atoms with Crippen molar-refractivity contribution < 1.29 is 14.7 Å². The zero-order valence-corrected chi connectivity index (χ0v) is 15.0. The second kappa shape index (κ2) is 7.51. The van der Waals surface area contributed by atoms with Crippen molar-refractivity contribution >= 4 is 18.1 Å². The molecule has 6 nitrogen and oxygen atoms in total. The maximum Gasteiger partial charge on any atom is 0.313 e. The first-order chi connectivity index (χ1) is 11.8. The first kappa shape index (κ1) is 18.7. The zero-order chi connectivity index (χ0) is 18.7. The molecular weight excluding hydrogens is 318 g/mol. The zero-order valence-electron chi connectivity index (χ0n) is 15.0. The minimum Gasteiger partial charge on any atom is -0.481 e. The number of fused-ring (bicyclic) bond motifs is 1. The van der Waals surface area contributed by atoms with E-state index in [0.717, 1.165) is 11.8 Å². The van der Waals surface area contributed by atoms with Crippen molar-refractivity contribution in [3.63, 3.8) is 0 Å². The van der Waals surface area contributed by atoms with E-state index in [2.05, 4.69) is 5.32 Å². The lowest BCUT2D eigenvalue weighted by atomic mass is 9.79. The molecule has 0 radical (unpaired) electrons. The molecular formula is C19H25N3O3. The van der Waals surface area contributed by atoms with Crippen LogP contribution in [0.1, 0.15) is 41.3 Å². The van der Waals surface area contributed by atoms with Gasteiger partial charge in [-0.2, -0.15) is 0 Å². The molecule has 2 unspecified atom stereocenters. The number of aryl methyl sites for hydroxylation is 1. The lowest BCUT2D eigenvalue weighted by Crippen LogP contribution is -2.52. The maximum atomic E-state index is 13.1. The van der Waals surface area contributed by atoms with E-state index in [9.17, 15) is 14.7 Å². The van der Waals surface area contributed by atoms with Crippen LogP contribution in [0.4, 0.5) is 0 Å². The van der Waals surface area contributed by atoms with E-state index in [0.29, 0.717) is 23.2 Å². The van der Waals surface area contributed by atoms with Gasteiger partial charge in [0.1, 0.15) is 5.92 Å². The Morgan fingerprint density at radius 1 is 1.44 bits per heavy atom. The average Bonchev–Trinajstić information content (AvgIpc) is 2.54. The van der Waals surface area contributed by atoms with Crippen LogP contribution in [0.25, 0.3) is 0 Å². The first-order valence-corrected chi connectivity index (χ1v) is 8.33. The van der Waals surface area contributed by atoms with E-state index in [-0.39, 0.29) is 11.8 Å². The van der Waals surface area contributed by atoms with E-state index < -0.39 is 17.9 Å². The van der Waals surface area contributed by atoms with Crippen molar-refractivity contribution in [1.29, 1.82) is 5.41 Å². The lowest BCUT2D eigenvalue weighted by Gasteiger charge is -2.42. The van der Waals surface area contributed by atoms with Crippen LogP contribution < -0.4 is 5.32 Å². The van der Waals surface area contributed by atoms with Gasteiger partial charge in [-0.05, 0) is 24.5 Å². The molecule has 0 aromatic heterocycles. The largest absolute Gasteiger partial charge is 0.481 e. The Morgan fingerprint density at radius 3 is 2.64 bits per heavy atom. The van der Waals surface area contributed by atoms with Gasteiger partial charge < -0.3 is 20.7 Å². The van der Waals surface area contributed by atoms with E-state index >= 15 is 0 Å². The Balaban J connectivity index is 2.72.